The molecule has 204 valence electrons. The summed E-state index contributed by atoms with van der Waals surface area (Å²) in [4.78, 5) is 63.1. The summed E-state index contributed by atoms with van der Waals surface area (Å²) < 4.78 is 19.7. The summed E-state index contributed by atoms with van der Waals surface area (Å²) >= 11 is 6.16. The molecule has 0 saturated carbocycles. The first-order valence-electron chi connectivity index (χ1n) is 12.0. The molecule has 0 spiro atoms. The van der Waals surface area contributed by atoms with E-state index < -0.39 is 60.0 Å². The Bertz CT molecular complexity index is 1230. The number of carboxylic acids is 1. The van der Waals surface area contributed by atoms with Crippen molar-refractivity contribution in [3.05, 3.63) is 40.4 Å². The van der Waals surface area contributed by atoms with Gasteiger partial charge in [-0.2, -0.15) is 0 Å². The summed E-state index contributed by atoms with van der Waals surface area (Å²) in [6.07, 6.45) is 0.529. The minimum atomic E-state index is -1.26. The van der Waals surface area contributed by atoms with E-state index in [0.717, 1.165) is 6.07 Å². The molecule has 3 N–H and O–H groups in total. The molecule has 2 aromatic rings. The maximum absolute atomic E-state index is 14.6. The molecule has 1 saturated heterocycles. The van der Waals surface area contributed by atoms with Gasteiger partial charge in [0.05, 0.1) is 23.0 Å². The lowest BCUT2D eigenvalue weighted by molar-refractivity contribution is -0.142. The van der Waals surface area contributed by atoms with Crippen LogP contribution in [0.15, 0.2) is 22.7 Å². The number of aryl methyl sites for hydroxylation is 1. The van der Waals surface area contributed by atoms with E-state index in [-0.39, 0.29) is 34.1 Å². The number of aromatic nitrogens is 1. The number of carboxylic acid groups (broad SMARTS) is 1. The number of hydrogen-bond acceptors (Lipinski definition) is 7. The van der Waals surface area contributed by atoms with Gasteiger partial charge in [-0.05, 0) is 37.8 Å². The second kappa shape index (κ2) is 12.2. The molecule has 1 aromatic carbocycles. The molecule has 2 heterocycles. The molecule has 0 radical (unpaired) electrons. The number of benzene rings is 1. The highest BCUT2D eigenvalue weighted by atomic mass is 35.5. The summed E-state index contributed by atoms with van der Waals surface area (Å²) in [5, 5.41) is 17.8. The number of carbonyl (C=O) groups is 5. The highest BCUT2D eigenvalue weighted by Gasteiger charge is 2.40. The third-order valence-corrected chi connectivity index (χ3v) is 6.55. The van der Waals surface area contributed by atoms with Crippen molar-refractivity contribution >= 4 is 41.6 Å². The van der Waals surface area contributed by atoms with Gasteiger partial charge in [-0.3, -0.25) is 19.2 Å². The predicted molar refractivity (Wildman–Crippen MR) is 133 cm³/mol. The van der Waals surface area contributed by atoms with Crippen LogP contribution < -0.4 is 10.6 Å². The summed E-state index contributed by atoms with van der Waals surface area (Å²) in [5.41, 5.74) is -0.325. The number of nitrogens with one attached hydrogen (secondary N) is 2. The third kappa shape index (κ3) is 6.18. The number of aliphatic carboxylic acids is 1. The number of nitrogens with zero attached hydrogens (tertiary/aromatic N) is 2. The first-order valence-corrected chi connectivity index (χ1v) is 12.3. The van der Waals surface area contributed by atoms with Crippen LogP contribution in [0.5, 0.6) is 0 Å². The maximum atomic E-state index is 14.6. The molecule has 0 aliphatic carbocycles. The van der Waals surface area contributed by atoms with E-state index in [9.17, 15) is 28.4 Å². The average molecular weight is 551 g/mol. The fourth-order valence-electron chi connectivity index (χ4n) is 4.34. The van der Waals surface area contributed by atoms with Crippen molar-refractivity contribution in [2.75, 3.05) is 6.54 Å². The Morgan fingerprint density at radius 2 is 2.00 bits per heavy atom. The van der Waals surface area contributed by atoms with Crippen LogP contribution >= 0.6 is 11.6 Å². The Kier molecular flexibility index (Phi) is 9.21. The third-order valence-electron chi connectivity index (χ3n) is 6.23. The van der Waals surface area contributed by atoms with Gasteiger partial charge in [0.15, 0.2) is 0 Å². The zero-order chi connectivity index (χ0) is 28.1. The van der Waals surface area contributed by atoms with Crippen molar-refractivity contribution < 1.29 is 38.0 Å². The molecule has 38 heavy (non-hydrogen) atoms. The average Bonchev–Trinajstić information content (AvgIpc) is 3.48. The second-order valence-corrected chi connectivity index (χ2v) is 9.70. The molecule has 3 rings (SSSR count). The van der Waals surface area contributed by atoms with Gasteiger partial charge in [0, 0.05) is 6.54 Å². The minimum Gasteiger partial charge on any atom is -0.481 e. The van der Waals surface area contributed by atoms with Crippen LogP contribution in [0, 0.1) is 18.7 Å². The van der Waals surface area contributed by atoms with Crippen LogP contribution in [-0.2, 0) is 19.2 Å². The van der Waals surface area contributed by atoms with E-state index in [2.05, 4.69) is 15.8 Å². The smallest absolute Gasteiger partial charge is 0.305 e. The topological polar surface area (TPSA) is 159 Å². The van der Waals surface area contributed by atoms with Gasteiger partial charge >= 0.3 is 5.97 Å². The quantitative estimate of drug-likeness (QED) is 0.380. The summed E-state index contributed by atoms with van der Waals surface area (Å²) in [6, 6.07) is 0.756. The van der Waals surface area contributed by atoms with Gasteiger partial charge in [0.1, 0.15) is 41.2 Å². The molecule has 3 atom stereocenters. The first kappa shape index (κ1) is 28.8. The maximum Gasteiger partial charge on any atom is 0.305 e. The molecule has 0 bridgehead atoms. The molecule has 3 amide bonds. The Labute approximate surface area is 222 Å². The van der Waals surface area contributed by atoms with E-state index in [1.54, 1.807) is 13.8 Å². The lowest BCUT2D eigenvalue weighted by Gasteiger charge is -2.31. The molecule has 3 unspecified atom stereocenters. The van der Waals surface area contributed by atoms with Crippen LogP contribution in [0.2, 0.25) is 5.02 Å². The van der Waals surface area contributed by atoms with Crippen LogP contribution in [0.25, 0.3) is 11.3 Å². The standard InChI is InChI=1S/C25H28ClFN4O7/c1-12(2)21(25(37)31-9-5-8-17(31)23(35)28-14(11-32)10-18(33)34)29-24(36)19-13(3)38-30-22(19)20-15(26)6-4-7-16(20)27/h4,6-7,11-12,14,17,21H,5,8-10H2,1-3H3,(H,28,35)(H,29,36)(H,33,34). The van der Waals surface area contributed by atoms with Gasteiger partial charge in [0.2, 0.25) is 11.8 Å². The Hall–Kier alpha value is -3.80. The molecule has 11 nitrogen and oxygen atoms in total. The van der Waals surface area contributed by atoms with Gasteiger partial charge in [-0.1, -0.05) is 36.7 Å². The molecular formula is C25H28ClFN4O7. The van der Waals surface area contributed by atoms with Gasteiger partial charge in [-0.25, -0.2) is 4.39 Å². The van der Waals surface area contributed by atoms with E-state index in [1.165, 1.54) is 24.0 Å². The highest BCUT2D eigenvalue weighted by molar-refractivity contribution is 6.33. The van der Waals surface area contributed by atoms with Crippen molar-refractivity contribution in [3.8, 4) is 11.3 Å². The first-order chi connectivity index (χ1) is 18.0. The lowest BCUT2D eigenvalue weighted by atomic mass is 10.00. The zero-order valence-electron chi connectivity index (χ0n) is 21.0. The van der Waals surface area contributed by atoms with Crippen LogP contribution in [-0.4, -0.2) is 69.8 Å². The SMILES string of the molecule is Cc1onc(-c2c(F)cccc2Cl)c1C(=O)NC(C(=O)N1CCCC1C(=O)NC(C=O)CC(=O)O)C(C)C. The largest absolute Gasteiger partial charge is 0.481 e. The predicted octanol–water partition coefficient (Wildman–Crippen LogP) is 2.35. The summed E-state index contributed by atoms with van der Waals surface area (Å²) in [5.74, 6) is -4.23. The molecule has 1 aromatic heterocycles. The van der Waals surface area contributed by atoms with Crippen LogP contribution in [0.3, 0.4) is 0 Å². The summed E-state index contributed by atoms with van der Waals surface area (Å²) in [7, 11) is 0. The van der Waals surface area contributed by atoms with Crippen molar-refractivity contribution in [2.45, 2.75) is 58.2 Å². The van der Waals surface area contributed by atoms with E-state index in [0.29, 0.717) is 19.1 Å². The number of aldehydes is 1. The minimum absolute atomic E-state index is 0.0197. The van der Waals surface area contributed by atoms with Gasteiger partial charge in [-0.15, -0.1) is 0 Å². The van der Waals surface area contributed by atoms with E-state index >= 15 is 0 Å². The monoisotopic (exact) mass is 550 g/mol. The van der Waals surface area contributed by atoms with Crippen molar-refractivity contribution in [3.63, 3.8) is 0 Å². The second-order valence-electron chi connectivity index (χ2n) is 9.29. The molecule has 1 fully saturated rings. The number of carbonyl (C=O) groups excluding carboxylic acids is 4. The van der Waals surface area contributed by atoms with Crippen LogP contribution in [0.1, 0.15) is 49.2 Å². The Morgan fingerprint density at radius 1 is 1.29 bits per heavy atom. The van der Waals surface area contributed by atoms with Crippen molar-refractivity contribution in [1.29, 1.82) is 0 Å². The molecule has 1 aliphatic rings. The Morgan fingerprint density at radius 3 is 2.61 bits per heavy atom. The fourth-order valence-corrected chi connectivity index (χ4v) is 4.60. The number of hydrogen-bond donors (Lipinski definition) is 3. The number of rotatable bonds is 10. The highest BCUT2D eigenvalue weighted by Crippen LogP contribution is 2.33. The molecule has 13 heteroatoms. The number of amides is 3. The van der Waals surface area contributed by atoms with Gasteiger partial charge < -0.3 is 30.0 Å². The van der Waals surface area contributed by atoms with Crippen LogP contribution in [0.4, 0.5) is 4.39 Å². The normalized spacial score (nSPS) is 16.7. The fraction of sp³-hybridized carbons (Fsp3) is 0.440. The van der Waals surface area contributed by atoms with E-state index in [1.807, 2.05) is 0 Å². The molecule has 1 aliphatic heterocycles. The zero-order valence-corrected chi connectivity index (χ0v) is 21.8. The summed E-state index contributed by atoms with van der Waals surface area (Å²) in [6.45, 7) is 5.10. The van der Waals surface area contributed by atoms with Gasteiger partial charge in [0.25, 0.3) is 5.91 Å². The Balaban J connectivity index is 1.83. The van der Waals surface area contributed by atoms with Crippen molar-refractivity contribution in [1.82, 2.24) is 20.7 Å². The number of halogens is 2. The van der Waals surface area contributed by atoms with E-state index in [4.69, 9.17) is 21.2 Å². The lowest BCUT2D eigenvalue weighted by Crippen LogP contribution is -2.56. The number of likely N-dealkylation sites (tertiary alicyclic amines) is 1. The molecular weight excluding hydrogens is 523 g/mol. The van der Waals surface area contributed by atoms with Crippen molar-refractivity contribution in [2.24, 2.45) is 5.92 Å².